The molecular weight excluding hydrogens is 290 g/mol. The summed E-state index contributed by atoms with van der Waals surface area (Å²) in [6, 6.07) is 0. The molecule has 0 amide bonds. The molecule has 0 aliphatic rings. The Morgan fingerprint density at radius 2 is 1.19 bits per heavy atom. The first-order chi connectivity index (χ1) is 9.91. The molecule has 0 atom stereocenters. The molecule has 0 aromatic carbocycles. The van der Waals surface area contributed by atoms with Gasteiger partial charge in [0.25, 0.3) is 10.1 Å². The van der Waals surface area contributed by atoms with E-state index in [2.05, 4.69) is 25.7 Å². The smallest absolute Gasteiger partial charge is 0.264 e. The van der Waals surface area contributed by atoms with Crippen molar-refractivity contribution in [2.75, 3.05) is 32.0 Å². The van der Waals surface area contributed by atoms with E-state index in [1.54, 1.807) is 0 Å². The van der Waals surface area contributed by atoms with E-state index in [0.29, 0.717) is 0 Å². The summed E-state index contributed by atoms with van der Waals surface area (Å²) in [6.07, 6.45) is 8.19. The van der Waals surface area contributed by atoms with Crippen LogP contribution in [0.3, 0.4) is 0 Å². The van der Waals surface area contributed by atoms with Gasteiger partial charge in [-0.2, -0.15) is 8.42 Å². The molecule has 0 bridgehead atoms. The lowest BCUT2D eigenvalue weighted by molar-refractivity contribution is 0.261. The van der Waals surface area contributed by atoms with Crippen LogP contribution in [0.4, 0.5) is 0 Å². The Bertz CT molecular complexity index is 275. The molecule has 21 heavy (non-hydrogen) atoms. The van der Waals surface area contributed by atoms with Gasteiger partial charge in [-0.25, -0.2) is 0 Å². The molecule has 0 saturated heterocycles. The molecule has 0 aliphatic heterocycles. The molecular formula is C15H35NO4S. The van der Waals surface area contributed by atoms with Gasteiger partial charge in [0.05, 0.1) is 5.75 Å². The second-order valence-corrected chi connectivity index (χ2v) is 6.84. The average molecular weight is 326 g/mol. The maximum atomic E-state index is 9.83. The first-order valence-electron chi connectivity index (χ1n) is 8.19. The van der Waals surface area contributed by atoms with E-state index in [-0.39, 0.29) is 18.8 Å². The minimum Gasteiger partial charge on any atom is -0.396 e. The molecule has 0 saturated carbocycles. The highest BCUT2D eigenvalue weighted by Crippen LogP contribution is 2.01. The van der Waals surface area contributed by atoms with Gasteiger partial charge in [-0.05, 0) is 45.3 Å². The number of hydrogen-bond acceptors (Lipinski definition) is 4. The van der Waals surface area contributed by atoms with E-state index in [4.69, 9.17) is 9.66 Å². The number of aliphatic hydroxyl groups is 1. The largest absolute Gasteiger partial charge is 0.396 e. The van der Waals surface area contributed by atoms with Crippen LogP contribution in [0.2, 0.25) is 0 Å². The van der Waals surface area contributed by atoms with Crippen LogP contribution in [0.1, 0.15) is 65.7 Å². The number of nitrogens with zero attached hydrogens (tertiary/aromatic N) is 1. The van der Waals surface area contributed by atoms with Crippen LogP contribution in [0.15, 0.2) is 0 Å². The third kappa shape index (κ3) is 22.3. The fourth-order valence-corrected chi connectivity index (χ4v) is 2.22. The van der Waals surface area contributed by atoms with Gasteiger partial charge in [-0.3, -0.25) is 4.55 Å². The Kier molecular flexibility index (Phi) is 17.8. The minimum absolute atomic E-state index is 0.0961. The van der Waals surface area contributed by atoms with Crippen molar-refractivity contribution in [1.29, 1.82) is 0 Å². The maximum absolute atomic E-state index is 9.83. The van der Waals surface area contributed by atoms with Gasteiger partial charge in [0.15, 0.2) is 0 Å². The highest BCUT2D eigenvalue weighted by Gasteiger charge is 2.02. The van der Waals surface area contributed by atoms with Gasteiger partial charge in [0.2, 0.25) is 0 Å². The molecule has 0 radical (unpaired) electrons. The molecule has 0 spiro atoms. The third-order valence-electron chi connectivity index (χ3n) is 3.04. The van der Waals surface area contributed by atoms with Crippen molar-refractivity contribution in [3.63, 3.8) is 0 Å². The fraction of sp³-hybridized carbons (Fsp3) is 1.00. The zero-order valence-corrected chi connectivity index (χ0v) is 14.9. The highest BCUT2D eigenvalue weighted by molar-refractivity contribution is 7.85. The Hall–Kier alpha value is -0.170. The second kappa shape index (κ2) is 16.2. The lowest BCUT2D eigenvalue weighted by Gasteiger charge is -2.21. The van der Waals surface area contributed by atoms with Crippen LogP contribution in [0.5, 0.6) is 0 Å². The summed E-state index contributed by atoms with van der Waals surface area (Å²) >= 11 is 0. The zero-order valence-electron chi connectivity index (χ0n) is 14.1. The first kappa shape index (κ1) is 23.1. The quantitative estimate of drug-likeness (QED) is 0.539. The van der Waals surface area contributed by atoms with Gasteiger partial charge in [-0.15, -0.1) is 0 Å². The highest BCUT2D eigenvalue weighted by atomic mass is 32.2. The molecule has 2 N–H and O–H groups in total. The van der Waals surface area contributed by atoms with Crippen LogP contribution >= 0.6 is 0 Å². The maximum Gasteiger partial charge on any atom is 0.264 e. The summed E-state index contributed by atoms with van der Waals surface area (Å²) in [4.78, 5) is 2.64. The molecule has 0 unspecified atom stereocenters. The lowest BCUT2D eigenvalue weighted by atomic mass is 10.2. The van der Waals surface area contributed by atoms with Gasteiger partial charge < -0.3 is 10.0 Å². The average Bonchev–Trinajstić information content (AvgIpc) is 2.44. The Labute approximate surface area is 131 Å². The third-order valence-corrected chi connectivity index (χ3v) is 3.85. The van der Waals surface area contributed by atoms with Crippen molar-refractivity contribution in [1.82, 2.24) is 4.90 Å². The zero-order chi connectivity index (χ0) is 16.6. The first-order valence-corrected chi connectivity index (χ1v) is 9.80. The fourth-order valence-electron chi connectivity index (χ4n) is 1.73. The Balaban J connectivity index is 0. The molecule has 0 fully saturated rings. The second-order valence-electron chi connectivity index (χ2n) is 5.27. The molecule has 6 heteroatoms. The van der Waals surface area contributed by atoms with Crippen LogP contribution in [0.25, 0.3) is 0 Å². The number of hydrogen-bond donors (Lipinski definition) is 2. The van der Waals surface area contributed by atoms with Gasteiger partial charge in [0, 0.05) is 6.61 Å². The van der Waals surface area contributed by atoms with E-state index in [0.717, 1.165) is 0 Å². The van der Waals surface area contributed by atoms with Crippen LogP contribution in [0, 0.1) is 0 Å². The summed E-state index contributed by atoms with van der Waals surface area (Å²) in [5, 5.41) is 8.05. The minimum atomic E-state index is -3.85. The van der Waals surface area contributed by atoms with E-state index in [1.807, 2.05) is 0 Å². The SMILES string of the molecule is CCCCN(CCCC)CCCC.O=S(=O)(O)CCCO. The van der Waals surface area contributed by atoms with E-state index >= 15 is 0 Å². The predicted octanol–water partition coefficient (Wildman–Crippen LogP) is 2.95. The molecule has 0 aromatic rings. The van der Waals surface area contributed by atoms with E-state index in [9.17, 15) is 8.42 Å². The van der Waals surface area contributed by atoms with Crippen LogP contribution in [-0.2, 0) is 10.1 Å². The lowest BCUT2D eigenvalue weighted by Crippen LogP contribution is -2.27. The molecule has 5 nitrogen and oxygen atoms in total. The van der Waals surface area contributed by atoms with E-state index in [1.165, 1.54) is 58.2 Å². The van der Waals surface area contributed by atoms with Gasteiger partial charge in [0.1, 0.15) is 0 Å². The van der Waals surface area contributed by atoms with Crippen molar-refractivity contribution in [3.05, 3.63) is 0 Å². The molecule has 0 heterocycles. The normalized spacial score (nSPS) is 11.3. The van der Waals surface area contributed by atoms with Gasteiger partial charge in [-0.1, -0.05) is 40.0 Å². The van der Waals surface area contributed by atoms with Gasteiger partial charge >= 0.3 is 0 Å². The summed E-state index contributed by atoms with van der Waals surface area (Å²) in [7, 11) is -3.85. The number of unbranched alkanes of at least 4 members (excludes halogenated alkanes) is 3. The summed E-state index contributed by atoms with van der Waals surface area (Å²) in [5.41, 5.74) is 0. The monoisotopic (exact) mass is 325 g/mol. The summed E-state index contributed by atoms with van der Waals surface area (Å²) < 4.78 is 27.7. The summed E-state index contributed by atoms with van der Waals surface area (Å²) in [6.45, 7) is 10.6. The standard InChI is InChI=1S/C12H27N.C3H8O4S/c1-4-7-10-13(11-8-5-2)12-9-6-3;4-2-1-3-8(5,6)7/h4-12H2,1-3H3;4H,1-3H2,(H,5,6,7). The Morgan fingerprint density at radius 3 is 1.38 bits per heavy atom. The predicted molar refractivity (Wildman–Crippen MR) is 89.3 cm³/mol. The van der Waals surface area contributed by atoms with Crippen LogP contribution in [-0.4, -0.2) is 55.0 Å². The van der Waals surface area contributed by atoms with Crippen LogP contribution < -0.4 is 0 Å². The molecule has 0 rings (SSSR count). The van der Waals surface area contributed by atoms with Crippen molar-refractivity contribution >= 4 is 10.1 Å². The molecule has 0 aliphatic carbocycles. The van der Waals surface area contributed by atoms with E-state index < -0.39 is 10.1 Å². The number of aliphatic hydroxyl groups excluding tert-OH is 1. The summed E-state index contributed by atoms with van der Waals surface area (Å²) in [5.74, 6) is -0.358. The van der Waals surface area contributed by atoms with Crippen molar-refractivity contribution in [2.45, 2.75) is 65.7 Å². The van der Waals surface area contributed by atoms with Crippen molar-refractivity contribution in [3.8, 4) is 0 Å². The molecule has 0 aromatic heterocycles. The van der Waals surface area contributed by atoms with Crippen molar-refractivity contribution in [2.24, 2.45) is 0 Å². The topological polar surface area (TPSA) is 77.8 Å². The Morgan fingerprint density at radius 1 is 0.810 bits per heavy atom. The van der Waals surface area contributed by atoms with Crippen molar-refractivity contribution < 1.29 is 18.1 Å². The number of rotatable bonds is 12. The molecule has 130 valence electrons.